The summed E-state index contributed by atoms with van der Waals surface area (Å²) in [6, 6.07) is 4.32. The minimum absolute atomic E-state index is 0.518. The third-order valence-corrected chi connectivity index (χ3v) is 5.87. The van der Waals surface area contributed by atoms with Gasteiger partial charge in [-0.1, -0.05) is 19.9 Å². The van der Waals surface area contributed by atoms with Crippen LogP contribution in [0.4, 0.5) is 0 Å². The molecular formula is C19H34N4S. The van der Waals surface area contributed by atoms with Gasteiger partial charge in [0.05, 0.1) is 0 Å². The molecule has 24 heavy (non-hydrogen) atoms. The third kappa shape index (κ3) is 6.81. The molecule has 0 bridgehead atoms. The second kappa shape index (κ2) is 10.7. The summed E-state index contributed by atoms with van der Waals surface area (Å²) in [6.45, 7) is 10.4. The molecule has 1 fully saturated rings. The molecule has 1 aromatic rings. The van der Waals surface area contributed by atoms with Crippen LogP contribution in [0, 0.1) is 5.92 Å². The Kier molecular flexibility index (Phi) is 8.60. The number of unbranched alkanes of at least 4 members (excludes halogenated alkanes) is 1. The van der Waals surface area contributed by atoms with Gasteiger partial charge in [-0.05, 0) is 56.1 Å². The van der Waals surface area contributed by atoms with Gasteiger partial charge in [-0.15, -0.1) is 11.3 Å². The standard InChI is InChI=1S/C19H34N4S/c1-16-8-6-12-23(15-16)11-5-4-10-21-19(20-3)22-14-17(2)18-9-7-13-24-18/h7,9,13,16-17H,4-6,8,10-12,14-15H2,1-3H3,(H2,20,21,22). The SMILES string of the molecule is CN=C(NCCCCN1CCCC(C)C1)NCC(C)c1cccs1. The van der Waals surface area contributed by atoms with Crippen LogP contribution in [0.5, 0.6) is 0 Å². The Morgan fingerprint density at radius 2 is 2.29 bits per heavy atom. The van der Waals surface area contributed by atoms with E-state index in [1.165, 1.54) is 50.2 Å². The monoisotopic (exact) mass is 350 g/mol. The molecule has 1 aliphatic rings. The van der Waals surface area contributed by atoms with Crippen molar-refractivity contribution in [3.63, 3.8) is 0 Å². The van der Waals surface area contributed by atoms with Gasteiger partial charge in [0.15, 0.2) is 5.96 Å². The Bertz CT molecular complexity index is 472. The van der Waals surface area contributed by atoms with Crippen molar-refractivity contribution in [3.05, 3.63) is 22.4 Å². The molecule has 1 aliphatic heterocycles. The maximum absolute atomic E-state index is 4.33. The second-order valence-corrected chi connectivity index (χ2v) is 8.03. The summed E-state index contributed by atoms with van der Waals surface area (Å²) in [7, 11) is 1.85. The molecule has 0 aromatic carbocycles. The van der Waals surface area contributed by atoms with E-state index in [1.807, 2.05) is 18.4 Å². The first-order chi connectivity index (χ1) is 11.7. The van der Waals surface area contributed by atoms with Gasteiger partial charge in [-0.25, -0.2) is 0 Å². The summed E-state index contributed by atoms with van der Waals surface area (Å²) in [5.74, 6) is 2.32. The molecule has 136 valence electrons. The van der Waals surface area contributed by atoms with E-state index in [2.05, 4.69) is 51.9 Å². The van der Waals surface area contributed by atoms with Crippen LogP contribution in [0.1, 0.15) is 50.3 Å². The molecule has 0 spiro atoms. The van der Waals surface area contributed by atoms with Crippen LogP contribution in [0.15, 0.2) is 22.5 Å². The van der Waals surface area contributed by atoms with Crippen LogP contribution in [-0.2, 0) is 0 Å². The molecule has 1 saturated heterocycles. The third-order valence-electron chi connectivity index (χ3n) is 4.76. The highest BCUT2D eigenvalue weighted by Gasteiger charge is 2.15. The summed E-state index contributed by atoms with van der Waals surface area (Å²) in [5.41, 5.74) is 0. The van der Waals surface area contributed by atoms with Gasteiger partial charge in [-0.3, -0.25) is 4.99 Å². The minimum Gasteiger partial charge on any atom is -0.356 e. The average Bonchev–Trinajstić information content (AvgIpc) is 3.12. The number of aliphatic imine (C=N–C) groups is 1. The summed E-state index contributed by atoms with van der Waals surface area (Å²) >= 11 is 1.82. The Morgan fingerprint density at radius 1 is 1.42 bits per heavy atom. The lowest BCUT2D eigenvalue weighted by molar-refractivity contribution is 0.181. The predicted octanol–water partition coefficient (Wildman–Crippen LogP) is 3.53. The molecule has 0 saturated carbocycles. The summed E-state index contributed by atoms with van der Waals surface area (Å²) in [4.78, 5) is 8.38. The number of nitrogens with zero attached hydrogens (tertiary/aromatic N) is 2. The van der Waals surface area contributed by atoms with E-state index < -0.39 is 0 Å². The molecule has 0 radical (unpaired) electrons. The van der Waals surface area contributed by atoms with E-state index in [0.717, 1.165) is 25.0 Å². The van der Waals surface area contributed by atoms with Crippen LogP contribution >= 0.6 is 11.3 Å². The summed E-state index contributed by atoms with van der Waals surface area (Å²) in [5, 5.41) is 9.02. The van der Waals surface area contributed by atoms with E-state index in [-0.39, 0.29) is 0 Å². The van der Waals surface area contributed by atoms with Crippen molar-refractivity contribution in [2.75, 3.05) is 39.8 Å². The lowest BCUT2D eigenvalue weighted by Crippen LogP contribution is -2.39. The Balaban J connectivity index is 1.55. The van der Waals surface area contributed by atoms with Gasteiger partial charge in [0.25, 0.3) is 0 Å². The van der Waals surface area contributed by atoms with E-state index in [4.69, 9.17) is 0 Å². The van der Waals surface area contributed by atoms with Crippen molar-refractivity contribution in [2.45, 2.75) is 45.4 Å². The van der Waals surface area contributed by atoms with E-state index in [9.17, 15) is 0 Å². The molecule has 0 amide bonds. The number of nitrogens with one attached hydrogen (secondary N) is 2. The van der Waals surface area contributed by atoms with Crippen molar-refractivity contribution in [1.82, 2.24) is 15.5 Å². The predicted molar refractivity (Wildman–Crippen MR) is 106 cm³/mol. The maximum atomic E-state index is 4.33. The topological polar surface area (TPSA) is 39.7 Å². The van der Waals surface area contributed by atoms with Gasteiger partial charge in [-0.2, -0.15) is 0 Å². The Hall–Kier alpha value is -1.07. The van der Waals surface area contributed by atoms with Crippen LogP contribution in [-0.4, -0.2) is 50.6 Å². The van der Waals surface area contributed by atoms with Crippen molar-refractivity contribution in [2.24, 2.45) is 10.9 Å². The first kappa shape index (κ1) is 19.3. The van der Waals surface area contributed by atoms with E-state index >= 15 is 0 Å². The normalized spacial score (nSPS) is 20.8. The molecule has 1 aromatic heterocycles. The number of likely N-dealkylation sites (tertiary alicyclic amines) is 1. The molecule has 2 heterocycles. The molecule has 0 aliphatic carbocycles. The van der Waals surface area contributed by atoms with Crippen molar-refractivity contribution >= 4 is 17.3 Å². The van der Waals surface area contributed by atoms with Gasteiger partial charge < -0.3 is 15.5 Å². The lowest BCUT2D eigenvalue weighted by atomic mass is 10.0. The zero-order valence-electron chi connectivity index (χ0n) is 15.6. The van der Waals surface area contributed by atoms with Gasteiger partial charge in [0.1, 0.15) is 0 Å². The van der Waals surface area contributed by atoms with Crippen LogP contribution < -0.4 is 10.6 Å². The van der Waals surface area contributed by atoms with Crippen molar-refractivity contribution in [3.8, 4) is 0 Å². The molecular weight excluding hydrogens is 316 g/mol. The zero-order chi connectivity index (χ0) is 17.2. The maximum Gasteiger partial charge on any atom is 0.190 e. The van der Waals surface area contributed by atoms with Crippen LogP contribution in [0.2, 0.25) is 0 Å². The van der Waals surface area contributed by atoms with Gasteiger partial charge in [0, 0.05) is 37.5 Å². The second-order valence-electron chi connectivity index (χ2n) is 7.05. The first-order valence-corrected chi connectivity index (χ1v) is 10.3. The fourth-order valence-corrected chi connectivity index (χ4v) is 4.09. The average molecular weight is 351 g/mol. The smallest absolute Gasteiger partial charge is 0.190 e. The number of rotatable bonds is 8. The number of piperidine rings is 1. The highest BCUT2D eigenvalue weighted by molar-refractivity contribution is 7.10. The van der Waals surface area contributed by atoms with E-state index in [1.54, 1.807) is 0 Å². The zero-order valence-corrected chi connectivity index (χ0v) is 16.4. The van der Waals surface area contributed by atoms with Crippen LogP contribution in [0.3, 0.4) is 0 Å². The quantitative estimate of drug-likeness (QED) is 0.428. The Morgan fingerprint density at radius 3 is 3.00 bits per heavy atom. The first-order valence-electron chi connectivity index (χ1n) is 9.39. The minimum atomic E-state index is 0.518. The Labute approximate surface area is 151 Å². The number of hydrogen-bond donors (Lipinski definition) is 2. The molecule has 2 unspecified atom stereocenters. The van der Waals surface area contributed by atoms with Gasteiger partial charge >= 0.3 is 0 Å². The molecule has 2 atom stereocenters. The van der Waals surface area contributed by atoms with Crippen molar-refractivity contribution in [1.29, 1.82) is 0 Å². The lowest BCUT2D eigenvalue weighted by Gasteiger charge is -2.30. The highest BCUT2D eigenvalue weighted by Crippen LogP contribution is 2.19. The fraction of sp³-hybridized carbons (Fsp3) is 0.737. The van der Waals surface area contributed by atoms with Gasteiger partial charge in [0.2, 0.25) is 0 Å². The number of thiophene rings is 1. The molecule has 4 nitrogen and oxygen atoms in total. The van der Waals surface area contributed by atoms with Crippen LogP contribution in [0.25, 0.3) is 0 Å². The van der Waals surface area contributed by atoms with Crippen molar-refractivity contribution < 1.29 is 0 Å². The molecule has 2 rings (SSSR count). The largest absolute Gasteiger partial charge is 0.356 e. The molecule has 2 N–H and O–H groups in total. The fourth-order valence-electron chi connectivity index (χ4n) is 3.30. The van der Waals surface area contributed by atoms with E-state index in [0.29, 0.717) is 5.92 Å². The molecule has 5 heteroatoms. The number of hydrogen-bond acceptors (Lipinski definition) is 3. The summed E-state index contributed by atoms with van der Waals surface area (Å²) < 4.78 is 0. The number of guanidine groups is 1. The summed E-state index contributed by atoms with van der Waals surface area (Å²) in [6.07, 6.45) is 5.25. The highest BCUT2D eigenvalue weighted by atomic mass is 32.1.